The van der Waals surface area contributed by atoms with Crippen LogP contribution < -0.4 is 5.32 Å². The van der Waals surface area contributed by atoms with Gasteiger partial charge in [0.05, 0.1) is 23.3 Å². The van der Waals surface area contributed by atoms with E-state index in [-0.39, 0.29) is 6.04 Å². The van der Waals surface area contributed by atoms with Gasteiger partial charge in [-0.05, 0) is 92.1 Å². The highest BCUT2D eigenvalue weighted by atomic mass is 16.6. The number of benzene rings is 1. The monoisotopic (exact) mass is 523 g/mol. The van der Waals surface area contributed by atoms with Crippen LogP contribution in [0, 0.1) is 0 Å². The van der Waals surface area contributed by atoms with Crippen molar-refractivity contribution in [3.05, 3.63) is 60.2 Å². The van der Waals surface area contributed by atoms with E-state index < -0.39 is 23.4 Å². The molecule has 1 unspecified atom stereocenters. The second kappa shape index (κ2) is 12.4. The first kappa shape index (κ1) is 29.1. The molecule has 206 valence electrons. The first-order valence-corrected chi connectivity index (χ1v) is 13.2. The molecule has 0 aliphatic rings. The van der Waals surface area contributed by atoms with E-state index >= 15 is 0 Å². The summed E-state index contributed by atoms with van der Waals surface area (Å²) in [4.78, 5) is 36.8. The summed E-state index contributed by atoms with van der Waals surface area (Å²) in [6, 6.07) is 13.4. The Labute approximate surface area is 225 Å². The number of para-hydroxylation sites is 2. The zero-order chi connectivity index (χ0) is 27.9. The Morgan fingerprint density at radius 2 is 1.66 bits per heavy atom. The van der Waals surface area contributed by atoms with Gasteiger partial charge in [-0.3, -0.25) is 9.88 Å². The van der Waals surface area contributed by atoms with Crippen molar-refractivity contribution < 1.29 is 19.1 Å². The lowest BCUT2D eigenvalue weighted by atomic mass is 10.1. The topological polar surface area (TPSA) is 98.6 Å². The molecule has 9 heteroatoms. The molecule has 0 spiro atoms. The van der Waals surface area contributed by atoms with Gasteiger partial charge in [-0.1, -0.05) is 18.2 Å². The van der Waals surface area contributed by atoms with E-state index in [1.807, 2.05) is 84.0 Å². The van der Waals surface area contributed by atoms with Crippen LogP contribution in [0.25, 0.3) is 11.0 Å². The van der Waals surface area contributed by atoms with Crippen molar-refractivity contribution >= 4 is 23.2 Å². The SMILES string of the molecule is CC(c1ccccn1)N(CCCCNC(=O)OC(C)(C)C)Cc1nc2ccccc2n1C(=O)OC(C)(C)C. The van der Waals surface area contributed by atoms with Crippen LogP contribution in [0.4, 0.5) is 9.59 Å². The smallest absolute Gasteiger partial charge is 0.420 e. The van der Waals surface area contributed by atoms with E-state index in [9.17, 15) is 9.59 Å². The maximum atomic E-state index is 13.3. The molecular weight excluding hydrogens is 482 g/mol. The molecule has 0 bridgehead atoms. The summed E-state index contributed by atoms with van der Waals surface area (Å²) in [6.07, 6.45) is 2.51. The molecule has 38 heavy (non-hydrogen) atoms. The van der Waals surface area contributed by atoms with Gasteiger partial charge in [-0.2, -0.15) is 0 Å². The van der Waals surface area contributed by atoms with E-state index in [0.717, 1.165) is 24.1 Å². The fourth-order valence-corrected chi connectivity index (χ4v) is 4.04. The second-order valence-corrected chi connectivity index (χ2v) is 11.4. The lowest BCUT2D eigenvalue weighted by Gasteiger charge is -2.29. The number of hydrogen-bond acceptors (Lipinski definition) is 7. The van der Waals surface area contributed by atoms with Crippen LogP contribution in [0.1, 0.15) is 78.9 Å². The number of imidazole rings is 1. The summed E-state index contributed by atoms with van der Waals surface area (Å²) in [5.41, 5.74) is 1.21. The highest BCUT2D eigenvalue weighted by Crippen LogP contribution is 2.24. The number of unbranched alkanes of at least 4 members (excludes halogenated alkanes) is 1. The molecule has 0 saturated heterocycles. The molecule has 0 radical (unpaired) electrons. The van der Waals surface area contributed by atoms with Gasteiger partial charge in [0.2, 0.25) is 0 Å². The summed E-state index contributed by atoms with van der Waals surface area (Å²) in [7, 11) is 0. The first-order chi connectivity index (χ1) is 17.8. The maximum absolute atomic E-state index is 13.3. The van der Waals surface area contributed by atoms with Gasteiger partial charge >= 0.3 is 12.2 Å². The number of carbonyl (C=O) groups excluding carboxylic acids is 2. The van der Waals surface area contributed by atoms with Crippen molar-refractivity contribution in [2.75, 3.05) is 13.1 Å². The largest absolute Gasteiger partial charge is 0.444 e. The standard InChI is InChI=1S/C29H41N5O4/c1-21(22-14-10-11-17-30-22)33(19-13-12-18-31-26(35)37-28(2,3)4)20-25-32-23-15-8-9-16-24(23)34(25)27(36)38-29(5,6)7/h8-11,14-17,21H,12-13,18-20H2,1-7H3,(H,31,35). The molecule has 0 aliphatic heterocycles. The number of aromatic nitrogens is 3. The molecule has 1 amide bonds. The van der Waals surface area contributed by atoms with Crippen molar-refractivity contribution in [1.82, 2.24) is 24.8 Å². The van der Waals surface area contributed by atoms with Crippen LogP contribution in [0.5, 0.6) is 0 Å². The van der Waals surface area contributed by atoms with E-state index in [0.29, 0.717) is 31.0 Å². The Balaban J connectivity index is 1.79. The maximum Gasteiger partial charge on any atom is 0.420 e. The van der Waals surface area contributed by atoms with E-state index in [1.165, 1.54) is 0 Å². The molecule has 9 nitrogen and oxygen atoms in total. The average molecular weight is 524 g/mol. The number of ether oxygens (including phenoxy) is 2. The van der Waals surface area contributed by atoms with Crippen LogP contribution >= 0.6 is 0 Å². The molecule has 2 aromatic heterocycles. The summed E-state index contributed by atoms with van der Waals surface area (Å²) < 4.78 is 12.6. The molecule has 0 aliphatic carbocycles. The van der Waals surface area contributed by atoms with Gasteiger partial charge in [-0.25, -0.2) is 19.1 Å². The number of rotatable bonds is 9. The number of fused-ring (bicyclic) bond motifs is 1. The predicted molar refractivity (Wildman–Crippen MR) is 148 cm³/mol. The summed E-state index contributed by atoms with van der Waals surface area (Å²) in [5, 5.41) is 2.82. The number of amides is 1. The van der Waals surface area contributed by atoms with Crippen LogP contribution in [-0.4, -0.2) is 55.9 Å². The van der Waals surface area contributed by atoms with Gasteiger partial charge in [0.15, 0.2) is 0 Å². The number of carbonyl (C=O) groups is 2. The third-order valence-electron chi connectivity index (χ3n) is 5.75. The highest BCUT2D eigenvalue weighted by Gasteiger charge is 2.26. The number of nitrogens with zero attached hydrogens (tertiary/aromatic N) is 4. The Hall–Kier alpha value is -3.46. The number of alkyl carbamates (subject to hydrolysis) is 1. The molecule has 1 N–H and O–H groups in total. The van der Waals surface area contributed by atoms with Crippen molar-refractivity contribution in [3.8, 4) is 0 Å². The van der Waals surface area contributed by atoms with Gasteiger partial charge in [0, 0.05) is 18.8 Å². The van der Waals surface area contributed by atoms with Crippen LogP contribution in [0.3, 0.4) is 0 Å². The first-order valence-electron chi connectivity index (χ1n) is 13.2. The minimum Gasteiger partial charge on any atom is -0.444 e. The normalized spacial score (nSPS) is 12.9. The van der Waals surface area contributed by atoms with Crippen molar-refractivity contribution in [2.45, 2.75) is 85.1 Å². The second-order valence-electron chi connectivity index (χ2n) is 11.4. The van der Waals surface area contributed by atoms with Gasteiger partial charge in [0.1, 0.15) is 17.0 Å². The predicted octanol–water partition coefficient (Wildman–Crippen LogP) is 6.08. The molecular formula is C29H41N5O4. The number of hydrogen-bond donors (Lipinski definition) is 1. The number of nitrogens with one attached hydrogen (secondary N) is 1. The van der Waals surface area contributed by atoms with E-state index in [1.54, 1.807) is 10.8 Å². The molecule has 3 rings (SSSR count). The van der Waals surface area contributed by atoms with Crippen molar-refractivity contribution in [3.63, 3.8) is 0 Å². The third kappa shape index (κ3) is 8.55. The van der Waals surface area contributed by atoms with Gasteiger partial charge < -0.3 is 14.8 Å². The average Bonchev–Trinajstić information content (AvgIpc) is 3.19. The van der Waals surface area contributed by atoms with E-state index in [2.05, 4.69) is 22.1 Å². The zero-order valence-electron chi connectivity index (χ0n) is 23.7. The van der Waals surface area contributed by atoms with Crippen molar-refractivity contribution in [1.29, 1.82) is 0 Å². The molecule has 0 saturated carbocycles. The van der Waals surface area contributed by atoms with Crippen molar-refractivity contribution in [2.24, 2.45) is 0 Å². The van der Waals surface area contributed by atoms with Crippen LogP contribution in [0.15, 0.2) is 48.7 Å². The minimum atomic E-state index is -0.637. The molecule has 2 heterocycles. The van der Waals surface area contributed by atoms with Gasteiger partial charge in [0.25, 0.3) is 0 Å². The van der Waals surface area contributed by atoms with Gasteiger partial charge in [-0.15, -0.1) is 0 Å². The fourth-order valence-electron chi connectivity index (χ4n) is 4.04. The molecule has 1 atom stereocenters. The minimum absolute atomic E-state index is 0.0260. The number of pyridine rings is 1. The van der Waals surface area contributed by atoms with Crippen LogP contribution in [-0.2, 0) is 16.0 Å². The molecule has 3 aromatic rings. The summed E-state index contributed by atoms with van der Waals surface area (Å²) >= 11 is 0. The molecule has 0 fully saturated rings. The van der Waals surface area contributed by atoms with Crippen LogP contribution in [0.2, 0.25) is 0 Å². The quantitative estimate of drug-likeness (QED) is 0.339. The lowest BCUT2D eigenvalue weighted by Crippen LogP contribution is -2.34. The third-order valence-corrected chi connectivity index (χ3v) is 5.75. The summed E-state index contributed by atoms with van der Waals surface area (Å²) in [6.45, 7) is 14.8. The zero-order valence-corrected chi connectivity index (χ0v) is 23.7. The Bertz CT molecular complexity index is 1210. The highest BCUT2D eigenvalue weighted by molar-refractivity contribution is 5.87. The Kier molecular flexibility index (Phi) is 9.49. The fraction of sp³-hybridized carbons (Fsp3) is 0.517. The summed E-state index contributed by atoms with van der Waals surface area (Å²) in [5.74, 6) is 0.607. The molecule has 1 aromatic carbocycles. The van der Waals surface area contributed by atoms with E-state index in [4.69, 9.17) is 14.5 Å². The Morgan fingerprint density at radius 3 is 2.32 bits per heavy atom. The Morgan fingerprint density at radius 1 is 0.974 bits per heavy atom. The lowest BCUT2D eigenvalue weighted by molar-refractivity contribution is 0.0520.